The summed E-state index contributed by atoms with van der Waals surface area (Å²) >= 11 is 0. The van der Waals surface area contributed by atoms with E-state index < -0.39 is 0 Å². The number of carbonyl (C=O) groups is 2. The molecule has 2 aliphatic rings. The van der Waals surface area contributed by atoms with Gasteiger partial charge in [0.1, 0.15) is 6.61 Å². The lowest BCUT2D eigenvalue weighted by Gasteiger charge is -2.31. The maximum absolute atomic E-state index is 12.0. The molecule has 3 N–H and O–H groups in total. The van der Waals surface area contributed by atoms with Gasteiger partial charge in [0, 0.05) is 32.2 Å². The Kier molecular flexibility index (Phi) is 5.75. The van der Waals surface area contributed by atoms with Gasteiger partial charge in [-0.3, -0.25) is 15.0 Å². The number of nitrogens with one attached hydrogen (secondary N) is 1. The van der Waals surface area contributed by atoms with Gasteiger partial charge in [0.2, 0.25) is 11.8 Å². The predicted octanol–water partition coefficient (Wildman–Crippen LogP) is -0.589. The van der Waals surface area contributed by atoms with Crippen molar-refractivity contribution in [2.45, 2.75) is 31.8 Å². The monoisotopic (exact) mass is 285 g/mol. The average molecular weight is 285 g/mol. The van der Waals surface area contributed by atoms with E-state index in [1.54, 1.807) is 4.90 Å². The van der Waals surface area contributed by atoms with Gasteiger partial charge in [0.05, 0.1) is 6.10 Å². The van der Waals surface area contributed by atoms with Crippen molar-refractivity contribution in [3.8, 4) is 0 Å². The Morgan fingerprint density at radius 3 is 2.45 bits per heavy atom. The molecule has 0 aromatic heterocycles. The van der Waals surface area contributed by atoms with E-state index in [1.165, 1.54) is 0 Å². The first kappa shape index (κ1) is 15.2. The molecule has 2 amide bonds. The highest BCUT2D eigenvalue weighted by molar-refractivity contribution is 5.80. The molecule has 2 aliphatic heterocycles. The number of piperidine rings is 1. The standard InChI is InChI=1S/C13H23N3O4/c14-15-13(18)10-1-5-16(6-2-10)12(17)9-20-11-3-7-19-8-4-11/h10-11H,1-9,14H2,(H,15,18). The number of carbonyl (C=O) groups excluding carboxylic acids is 2. The Labute approximate surface area is 118 Å². The van der Waals surface area contributed by atoms with Gasteiger partial charge in [-0.25, -0.2) is 5.84 Å². The molecule has 2 fully saturated rings. The molecule has 7 nitrogen and oxygen atoms in total. The third-order valence-corrected chi connectivity index (χ3v) is 3.97. The predicted molar refractivity (Wildman–Crippen MR) is 71.4 cm³/mol. The van der Waals surface area contributed by atoms with Gasteiger partial charge in [-0.2, -0.15) is 0 Å². The minimum Gasteiger partial charge on any atom is -0.381 e. The molecule has 0 radical (unpaired) electrons. The summed E-state index contributed by atoms with van der Waals surface area (Å²) in [6.45, 7) is 2.72. The zero-order valence-electron chi connectivity index (χ0n) is 11.7. The van der Waals surface area contributed by atoms with Crippen LogP contribution in [-0.4, -0.2) is 55.7 Å². The van der Waals surface area contributed by atoms with Crippen LogP contribution >= 0.6 is 0 Å². The van der Waals surface area contributed by atoms with Gasteiger partial charge in [-0.05, 0) is 25.7 Å². The fourth-order valence-electron chi connectivity index (χ4n) is 2.63. The first-order valence-corrected chi connectivity index (χ1v) is 7.18. The van der Waals surface area contributed by atoms with Gasteiger partial charge < -0.3 is 14.4 Å². The first-order valence-electron chi connectivity index (χ1n) is 7.18. The van der Waals surface area contributed by atoms with Crippen LogP contribution in [0.25, 0.3) is 0 Å². The number of hydrazine groups is 1. The van der Waals surface area contributed by atoms with Crippen molar-refractivity contribution in [3.63, 3.8) is 0 Å². The minimum absolute atomic E-state index is 0.00287. The number of hydrogen-bond acceptors (Lipinski definition) is 5. The van der Waals surface area contributed by atoms with Crippen LogP contribution in [0, 0.1) is 5.92 Å². The van der Waals surface area contributed by atoms with E-state index >= 15 is 0 Å². The average Bonchev–Trinajstić information content (AvgIpc) is 2.53. The van der Waals surface area contributed by atoms with Crippen LogP contribution in [0.3, 0.4) is 0 Å². The zero-order valence-corrected chi connectivity index (χ0v) is 11.7. The maximum atomic E-state index is 12.0. The van der Waals surface area contributed by atoms with E-state index in [-0.39, 0.29) is 30.4 Å². The van der Waals surface area contributed by atoms with Crippen LogP contribution in [0.5, 0.6) is 0 Å². The third-order valence-electron chi connectivity index (χ3n) is 3.97. The van der Waals surface area contributed by atoms with Crippen molar-refractivity contribution in [1.29, 1.82) is 0 Å². The van der Waals surface area contributed by atoms with Gasteiger partial charge in [0.15, 0.2) is 0 Å². The Morgan fingerprint density at radius 1 is 1.20 bits per heavy atom. The van der Waals surface area contributed by atoms with Crippen molar-refractivity contribution in [2.75, 3.05) is 32.9 Å². The smallest absolute Gasteiger partial charge is 0.248 e. The molecule has 0 saturated carbocycles. The highest BCUT2D eigenvalue weighted by Gasteiger charge is 2.27. The topological polar surface area (TPSA) is 93.9 Å². The van der Waals surface area contributed by atoms with Crippen LogP contribution in [0.2, 0.25) is 0 Å². The molecule has 0 bridgehead atoms. The van der Waals surface area contributed by atoms with Crippen molar-refractivity contribution >= 4 is 11.8 Å². The molecule has 0 spiro atoms. The highest BCUT2D eigenvalue weighted by Crippen LogP contribution is 2.17. The SMILES string of the molecule is NNC(=O)C1CCN(C(=O)COC2CCOCC2)CC1. The summed E-state index contributed by atoms with van der Waals surface area (Å²) in [5.74, 6) is 4.89. The summed E-state index contributed by atoms with van der Waals surface area (Å²) in [7, 11) is 0. The van der Waals surface area contributed by atoms with Crippen LogP contribution in [0.4, 0.5) is 0 Å². The molecule has 0 aromatic rings. The normalized spacial score (nSPS) is 21.8. The summed E-state index contributed by atoms with van der Waals surface area (Å²) in [6, 6.07) is 0. The number of ether oxygens (including phenoxy) is 2. The highest BCUT2D eigenvalue weighted by atomic mass is 16.5. The molecule has 114 valence electrons. The van der Waals surface area contributed by atoms with Gasteiger partial charge in [-0.1, -0.05) is 0 Å². The zero-order chi connectivity index (χ0) is 14.4. The quantitative estimate of drug-likeness (QED) is 0.409. The van der Waals surface area contributed by atoms with E-state index in [0.717, 1.165) is 12.8 Å². The van der Waals surface area contributed by atoms with Crippen molar-refractivity contribution in [3.05, 3.63) is 0 Å². The van der Waals surface area contributed by atoms with Gasteiger partial charge in [-0.15, -0.1) is 0 Å². The number of nitrogens with zero attached hydrogens (tertiary/aromatic N) is 1. The second kappa shape index (κ2) is 7.56. The van der Waals surface area contributed by atoms with E-state index in [2.05, 4.69) is 5.43 Å². The largest absolute Gasteiger partial charge is 0.381 e. The number of hydrogen-bond donors (Lipinski definition) is 2. The van der Waals surface area contributed by atoms with Crippen molar-refractivity contribution in [2.24, 2.45) is 11.8 Å². The van der Waals surface area contributed by atoms with Gasteiger partial charge >= 0.3 is 0 Å². The Balaban J connectivity index is 1.67. The lowest BCUT2D eigenvalue weighted by Crippen LogP contribution is -2.45. The minimum atomic E-state index is -0.143. The summed E-state index contributed by atoms with van der Waals surface area (Å²) in [4.78, 5) is 25.2. The van der Waals surface area contributed by atoms with Crippen LogP contribution in [0.15, 0.2) is 0 Å². The molecule has 0 aliphatic carbocycles. The lowest BCUT2D eigenvalue weighted by molar-refractivity contribution is -0.143. The molecule has 20 heavy (non-hydrogen) atoms. The number of nitrogens with two attached hydrogens (primary N) is 1. The van der Waals surface area contributed by atoms with Crippen molar-refractivity contribution in [1.82, 2.24) is 10.3 Å². The summed E-state index contributed by atoms with van der Waals surface area (Å²) in [5, 5.41) is 0. The van der Waals surface area contributed by atoms with Crippen LogP contribution in [0.1, 0.15) is 25.7 Å². The Bertz CT molecular complexity index is 337. The van der Waals surface area contributed by atoms with Crippen LogP contribution < -0.4 is 11.3 Å². The number of likely N-dealkylation sites (tertiary alicyclic amines) is 1. The van der Waals surface area contributed by atoms with E-state index in [4.69, 9.17) is 15.3 Å². The molecule has 2 heterocycles. The fourth-order valence-corrected chi connectivity index (χ4v) is 2.63. The van der Waals surface area contributed by atoms with Crippen molar-refractivity contribution < 1.29 is 19.1 Å². The maximum Gasteiger partial charge on any atom is 0.248 e. The Morgan fingerprint density at radius 2 is 1.85 bits per heavy atom. The molecule has 7 heteroatoms. The summed E-state index contributed by atoms with van der Waals surface area (Å²) < 4.78 is 10.9. The number of amides is 2. The lowest BCUT2D eigenvalue weighted by atomic mass is 9.96. The molecule has 2 rings (SSSR count). The summed E-state index contributed by atoms with van der Waals surface area (Å²) in [6.07, 6.45) is 3.16. The second-order valence-corrected chi connectivity index (χ2v) is 5.29. The molecule has 0 unspecified atom stereocenters. The molecular formula is C13H23N3O4. The molecule has 0 aromatic carbocycles. The third kappa shape index (κ3) is 4.16. The molecule has 0 atom stereocenters. The van der Waals surface area contributed by atoms with E-state index in [0.29, 0.717) is 39.1 Å². The second-order valence-electron chi connectivity index (χ2n) is 5.29. The van der Waals surface area contributed by atoms with E-state index in [9.17, 15) is 9.59 Å². The summed E-state index contributed by atoms with van der Waals surface area (Å²) in [5.41, 5.74) is 2.17. The van der Waals surface area contributed by atoms with Crippen LogP contribution in [-0.2, 0) is 19.1 Å². The Hall–Kier alpha value is -1.18. The molecular weight excluding hydrogens is 262 g/mol. The first-order chi connectivity index (χ1) is 9.70. The van der Waals surface area contributed by atoms with Gasteiger partial charge in [0.25, 0.3) is 0 Å². The number of rotatable bonds is 4. The fraction of sp³-hybridized carbons (Fsp3) is 0.846. The van der Waals surface area contributed by atoms with E-state index in [1.807, 2.05) is 0 Å². The molecule has 2 saturated heterocycles.